The van der Waals surface area contributed by atoms with E-state index >= 15 is 0 Å². The molecule has 14 heteroatoms. The van der Waals surface area contributed by atoms with E-state index in [1.807, 2.05) is 24.3 Å². The van der Waals surface area contributed by atoms with Gasteiger partial charge in [-0.1, -0.05) is 90.1 Å². The van der Waals surface area contributed by atoms with Crippen LogP contribution in [0.4, 0.5) is 5.69 Å². The average Bonchev–Trinajstić information content (AvgIpc) is 3.26. The molecule has 10 nitrogen and oxygen atoms in total. The van der Waals surface area contributed by atoms with Crippen molar-refractivity contribution in [2.24, 2.45) is 0 Å². The number of ether oxygens (including phenoxy) is 2. The fourth-order valence-corrected chi connectivity index (χ4v) is 9.43. The van der Waals surface area contributed by atoms with E-state index in [1.165, 1.54) is 11.6 Å². The molecular weight excluding hydrogens is 795 g/mol. The molecule has 0 amide bonds. The minimum Gasteiger partial charge on any atom is -0.403 e. The Balaban J connectivity index is 0.000000211. The Labute approximate surface area is 339 Å². The third kappa shape index (κ3) is 8.92. The van der Waals surface area contributed by atoms with Crippen molar-refractivity contribution in [1.82, 2.24) is 4.98 Å². The molecule has 0 radical (unpaired) electrons. The zero-order valence-electron chi connectivity index (χ0n) is 35.2. The number of nitro groups is 1. The average molecular weight is 856 g/mol. The molecule has 3 aromatic rings. The maximum Gasteiger partial charge on any atom is 0.494 e. The van der Waals surface area contributed by atoms with Crippen molar-refractivity contribution in [2.75, 3.05) is 26.4 Å². The first kappa shape index (κ1) is 43.8. The van der Waals surface area contributed by atoms with Crippen molar-refractivity contribution in [3.8, 4) is 11.3 Å². The van der Waals surface area contributed by atoms with E-state index in [0.717, 1.165) is 11.0 Å². The van der Waals surface area contributed by atoms with Gasteiger partial charge >= 0.3 is 7.12 Å². The van der Waals surface area contributed by atoms with Crippen LogP contribution in [0.25, 0.3) is 11.3 Å². The molecule has 1 aromatic heterocycles. The van der Waals surface area contributed by atoms with Gasteiger partial charge in [0.25, 0.3) is 5.69 Å². The summed E-state index contributed by atoms with van der Waals surface area (Å²) in [6, 6.07) is 17.7. The van der Waals surface area contributed by atoms with Gasteiger partial charge in [0, 0.05) is 22.3 Å². The summed E-state index contributed by atoms with van der Waals surface area (Å²) in [6.45, 7) is 33.1. The molecule has 300 valence electrons. The lowest BCUT2D eigenvalue weighted by atomic mass is 9.77. The normalized spacial score (nSPS) is 20.2. The molecule has 0 bridgehead atoms. The number of benzene rings is 2. The number of halogens is 1. The molecule has 0 spiro atoms. The SMILES string of the molecule is CC(C)(C)[Si](C)(C)OC1(c2ccc(-c3ncc(Br)cc3[N+](=O)[O-])cc2)COC1.CC1(C)OB(c2ccc(C3(O[Si](C)(C)C(C)(C)C)COC3)cc2)OC1(C)C. The fourth-order valence-electron chi connectivity index (χ4n) is 6.07. The zero-order chi connectivity index (χ0) is 41.0. The van der Waals surface area contributed by atoms with E-state index in [1.54, 1.807) is 6.20 Å². The summed E-state index contributed by atoms with van der Waals surface area (Å²) in [5, 5.41) is 11.7. The molecule has 2 aromatic carbocycles. The summed E-state index contributed by atoms with van der Waals surface area (Å²) in [7, 11) is -4.22. The molecule has 4 heterocycles. The number of pyridine rings is 1. The summed E-state index contributed by atoms with van der Waals surface area (Å²) in [4.78, 5) is 15.2. The molecule has 55 heavy (non-hydrogen) atoms. The number of nitrogens with zero attached hydrogens (tertiary/aromatic N) is 2. The Morgan fingerprint density at radius 2 is 1.15 bits per heavy atom. The van der Waals surface area contributed by atoms with E-state index in [0.29, 0.717) is 42.2 Å². The summed E-state index contributed by atoms with van der Waals surface area (Å²) in [5.41, 5.74) is 2.86. The van der Waals surface area contributed by atoms with Crippen molar-refractivity contribution in [1.29, 1.82) is 0 Å². The Morgan fingerprint density at radius 1 is 0.745 bits per heavy atom. The molecular formula is C41H60BBrN2O8Si2. The minimum atomic E-state index is -1.99. The predicted octanol–water partition coefficient (Wildman–Crippen LogP) is 9.90. The van der Waals surface area contributed by atoms with E-state index in [9.17, 15) is 10.1 Å². The number of hydrogen-bond acceptors (Lipinski definition) is 9. The fraction of sp³-hybridized carbons (Fsp3) is 0.585. The van der Waals surface area contributed by atoms with E-state index in [4.69, 9.17) is 27.6 Å². The van der Waals surface area contributed by atoms with Crippen LogP contribution in [0, 0.1) is 10.1 Å². The van der Waals surface area contributed by atoms with Crippen LogP contribution in [0.3, 0.4) is 0 Å². The highest BCUT2D eigenvalue weighted by Crippen LogP contribution is 2.46. The standard InChI is InChI=1S/C21H35BO4Si.C20H25BrN2O4Si/c1-18(2,3)27(8,9)26-21(14-23-15-21)16-10-12-17(13-11-16)22-24-19(4,5)20(6,7)25-22;1-19(2,3)28(4,5)27-20(12-26-13-20)15-8-6-14(7-9-15)18-17(23(24)25)10-16(21)11-22-18/h10-13H,14-15H2,1-9H3;6-11H,12-13H2,1-5H3. The van der Waals surface area contributed by atoms with Crippen LogP contribution in [-0.2, 0) is 38.8 Å². The second-order valence-electron chi connectivity index (χ2n) is 19.3. The Hall–Kier alpha value is -2.27. The highest BCUT2D eigenvalue weighted by atomic mass is 79.9. The van der Waals surface area contributed by atoms with E-state index < -0.39 is 27.2 Å². The molecule has 0 aliphatic carbocycles. The Morgan fingerprint density at radius 3 is 1.49 bits per heavy atom. The molecule has 3 fully saturated rings. The molecule has 0 atom stereocenters. The highest BCUT2D eigenvalue weighted by molar-refractivity contribution is 9.10. The van der Waals surface area contributed by atoms with Gasteiger partial charge in [0.15, 0.2) is 16.6 Å². The van der Waals surface area contributed by atoms with Gasteiger partial charge in [0.1, 0.15) is 16.9 Å². The van der Waals surface area contributed by atoms with Crippen molar-refractivity contribution in [3.05, 3.63) is 86.5 Å². The van der Waals surface area contributed by atoms with Crippen molar-refractivity contribution in [3.63, 3.8) is 0 Å². The molecule has 3 aliphatic heterocycles. The number of aromatic nitrogens is 1. The van der Waals surface area contributed by atoms with Gasteiger partial charge in [-0.15, -0.1) is 0 Å². The summed E-state index contributed by atoms with van der Waals surface area (Å²) in [6.07, 6.45) is 1.57. The van der Waals surface area contributed by atoms with Crippen LogP contribution in [0.1, 0.15) is 80.4 Å². The lowest BCUT2D eigenvalue weighted by Gasteiger charge is -2.50. The lowest BCUT2D eigenvalue weighted by Crippen LogP contribution is -2.57. The first-order valence-electron chi connectivity index (χ1n) is 19.1. The quantitative estimate of drug-likeness (QED) is 0.118. The van der Waals surface area contributed by atoms with Gasteiger partial charge in [-0.2, -0.15) is 0 Å². The smallest absolute Gasteiger partial charge is 0.403 e. The highest BCUT2D eigenvalue weighted by Gasteiger charge is 2.53. The lowest BCUT2D eigenvalue weighted by molar-refractivity contribution is -0.384. The van der Waals surface area contributed by atoms with Gasteiger partial charge in [0.2, 0.25) is 0 Å². The molecule has 0 saturated carbocycles. The van der Waals surface area contributed by atoms with Crippen LogP contribution < -0.4 is 5.46 Å². The Bertz CT molecular complexity index is 1830. The van der Waals surface area contributed by atoms with Crippen LogP contribution in [0.2, 0.25) is 36.3 Å². The monoisotopic (exact) mass is 854 g/mol. The third-order valence-electron chi connectivity index (χ3n) is 12.5. The van der Waals surface area contributed by atoms with Crippen molar-refractivity contribution in [2.45, 2.75) is 128 Å². The van der Waals surface area contributed by atoms with Gasteiger partial charge < -0.3 is 27.6 Å². The van der Waals surface area contributed by atoms with E-state index in [2.05, 4.69) is 141 Å². The second-order valence-corrected chi connectivity index (χ2v) is 29.6. The van der Waals surface area contributed by atoms with E-state index in [-0.39, 0.29) is 39.7 Å². The maximum atomic E-state index is 11.4. The molecule has 0 N–H and O–H groups in total. The first-order chi connectivity index (χ1) is 25.1. The summed E-state index contributed by atoms with van der Waals surface area (Å²) >= 11 is 3.24. The van der Waals surface area contributed by atoms with Crippen LogP contribution in [0.15, 0.2) is 65.3 Å². The van der Waals surface area contributed by atoms with Crippen molar-refractivity contribution >= 4 is 50.8 Å². The Kier molecular flexibility index (Phi) is 12.1. The maximum absolute atomic E-state index is 11.4. The molecule has 0 unspecified atom stereocenters. The third-order valence-corrected chi connectivity index (χ3v) is 22.0. The topological polar surface area (TPSA) is 111 Å². The largest absolute Gasteiger partial charge is 0.494 e. The molecule has 3 saturated heterocycles. The van der Waals surface area contributed by atoms with Gasteiger partial charge in [-0.25, -0.2) is 4.98 Å². The number of rotatable bonds is 9. The minimum absolute atomic E-state index is 0.0265. The predicted molar refractivity (Wildman–Crippen MR) is 228 cm³/mol. The van der Waals surface area contributed by atoms with Crippen LogP contribution in [-0.4, -0.2) is 71.3 Å². The van der Waals surface area contributed by atoms with Gasteiger partial charge in [-0.05, 0) is 96.5 Å². The zero-order valence-corrected chi connectivity index (χ0v) is 38.8. The molecule has 3 aliphatic rings. The second kappa shape index (κ2) is 15.2. The van der Waals surface area contributed by atoms with Crippen LogP contribution >= 0.6 is 15.9 Å². The van der Waals surface area contributed by atoms with Crippen molar-refractivity contribution < 1.29 is 32.6 Å². The summed E-state index contributed by atoms with van der Waals surface area (Å²) in [5.74, 6) is 0. The van der Waals surface area contributed by atoms with Crippen LogP contribution in [0.5, 0.6) is 0 Å². The van der Waals surface area contributed by atoms with Gasteiger partial charge in [-0.3, -0.25) is 10.1 Å². The first-order valence-corrected chi connectivity index (χ1v) is 25.7. The van der Waals surface area contributed by atoms with Gasteiger partial charge in [0.05, 0.1) is 42.6 Å². The molecule has 6 rings (SSSR count). The summed E-state index contributed by atoms with van der Waals surface area (Å²) < 4.78 is 37.5. The number of hydrogen-bond donors (Lipinski definition) is 0.